The molecule has 0 aliphatic heterocycles. The fourth-order valence-electron chi connectivity index (χ4n) is 2.77. The SMILES string of the molecule is CN(C)S(=O)(=O)c1ccc(N=CNC(=O)c2cccc(Cl)c2)c(NCCc2cnc[nH]2)c1. The minimum absolute atomic E-state index is 0.133. The second kappa shape index (κ2) is 10.4. The molecule has 32 heavy (non-hydrogen) atoms. The van der Waals surface area contributed by atoms with Crippen molar-refractivity contribution in [3.63, 3.8) is 0 Å². The first kappa shape index (κ1) is 23.5. The minimum Gasteiger partial charge on any atom is -0.383 e. The molecule has 168 valence electrons. The zero-order valence-corrected chi connectivity index (χ0v) is 19.1. The van der Waals surface area contributed by atoms with Gasteiger partial charge in [-0.25, -0.2) is 22.7 Å². The van der Waals surface area contributed by atoms with Gasteiger partial charge in [-0.05, 0) is 36.4 Å². The number of benzene rings is 2. The first-order chi connectivity index (χ1) is 15.3. The Bertz CT molecular complexity index is 1210. The number of nitrogens with one attached hydrogen (secondary N) is 3. The molecule has 1 amide bonds. The molecule has 2 aromatic carbocycles. The highest BCUT2D eigenvalue weighted by atomic mass is 35.5. The maximum absolute atomic E-state index is 12.5. The van der Waals surface area contributed by atoms with Gasteiger partial charge in [0.25, 0.3) is 5.91 Å². The van der Waals surface area contributed by atoms with E-state index >= 15 is 0 Å². The van der Waals surface area contributed by atoms with Gasteiger partial charge in [0.1, 0.15) is 0 Å². The van der Waals surface area contributed by atoms with Crippen molar-refractivity contribution in [2.24, 2.45) is 4.99 Å². The van der Waals surface area contributed by atoms with Crippen molar-refractivity contribution in [2.45, 2.75) is 11.3 Å². The van der Waals surface area contributed by atoms with E-state index in [4.69, 9.17) is 11.6 Å². The highest BCUT2D eigenvalue weighted by Gasteiger charge is 2.18. The molecule has 0 saturated heterocycles. The lowest BCUT2D eigenvalue weighted by Crippen LogP contribution is -2.22. The number of anilines is 1. The number of carbonyl (C=O) groups excluding carboxylic acids is 1. The molecule has 11 heteroatoms. The lowest BCUT2D eigenvalue weighted by molar-refractivity contribution is 0.0978. The highest BCUT2D eigenvalue weighted by molar-refractivity contribution is 7.89. The van der Waals surface area contributed by atoms with Gasteiger partial charge < -0.3 is 15.6 Å². The number of H-pyrrole nitrogens is 1. The minimum atomic E-state index is -3.62. The van der Waals surface area contributed by atoms with Crippen LogP contribution in [-0.2, 0) is 16.4 Å². The Hall–Kier alpha value is -3.21. The Morgan fingerprint density at radius 2 is 2.06 bits per heavy atom. The van der Waals surface area contributed by atoms with E-state index < -0.39 is 10.0 Å². The fraction of sp³-hybridized carbons (Fsp3) is 0.190. The van der Waals surface area contributed by atoms with Gasteiger partial charge in [0.05, 0.1) is 28.9 Å². The van der Waals surface area contributed by atoms with E-state index in [0.717, 1.165) is 10.00 Å². The van der Waals surface area contributed by atoms with Crippen molar-refractivity contribution < 1.29 is 13.2 Å². The average Bonchev–Trinajstić information content (AvgIpc) is 3.28. The third-order valence-electron chi connectivity index (χ3n) is 4.50. The molecule has 0 aliphatic rings. The van der Waals surface area contributed by atoms with E-state index in [0.29, 0.717) is 34.9 Å². The number of halogens is 1. The van der Waals surface area contributed by atoms with Gasteiger partial charge in [0.2, 0.25) is 10.0 Å². The molecule has 3 aromatic rings. The molecule has 0 aliphatic carbocycles. The Kier molecular flexibility index (Phi) is 7.62. The monoisotopic (exact) mass is 474 g/mol. The molecule has 1 aromatic heterocycles. The smallest absolute Gasteiger partial charge is 0.256 e. The number of hydrogen-bond acceptors (Lipinski definition) is 6. The van der Waals surface area contributed by atoms with Crippen LogP contribution in [0.15, 0.2) is 64.9 Å². The van der Waals surface area contributed by atoms with Crippen molar-refractivity contribution >= 4 is 45.2 Å². The number of amides is 1. The van der Waals surface area contributed by atoms with Crippen molar-refractivity contribution in [2.75, 3.05) is 26.0 Å². The number of imidazole rings is 1. The van der Waals surface area contributed by atoms with E-state index in [1.807, 2.05) is 0 Å². The van der Waals surface area contributed by atoms with Gasteiger partial charge in [-0.2, -0.15) is 0 Å². The summed E-state index contributed by atoms with van der Waals surface area (Å²) in [5.74, 6) is -0.364. The van der Waals surface area contributed by atoms with Crippen LogP contribution < -0.4 is 10.6 Å². The number of aromatic nitrogens is 2. The van der Waals surface area contributed by atoms with Gasteiger partial charge in [-0.1, -0.05) is 17.7 Å². The fourth-order valence-corrected chi connectivity index (χ4v) is 3.89. The number of sulfonamides is 1. The van der Waals surface area contributed by atoms with Gasteiger partial charge >= 0.3 is 0 Å². The summed E-state index contributed by atoms with van der Waals surface area (Å²) in [5.41, 5.74) is 2.32. The molecule has 0 radical (unpaired) electrons. The molecule has 0 fully saturated rings. The van der Waals surface area contributed by atoms with Crippen molar-refractivity contribution in [1.29, 1.82) is 0 Å². The number of aromatic amines is 1. The average molecular weight is 475 g/mol. The summed E-state index contributed by atoms with van der Waals surface area (Å²) in [4.78, 5) is 23.7. The van der Waals surface area contributed by atoms with E-state index in [9.17, 15) is 13.2 Å². The van der Waals surface area contributed by atoms with E-state index in [2.05, 4.69) is 25.6 Å². The van der Waals surface area contributed by atoms with Crippen LogP contribution >= 0.6 is 11.6 Å². The highest BCUT2D eigenvalue weighted by Crippen LogP contribution is 2.28. The summed E-state index contributed by atoms with van der Waals surface area (Å²) < 4.78 is 26.2. The molecule has 0 bridgehead atoms. The Balaban J connectivity index is 1.79. The third kappa shape index (κ3) is 5.94. The van der Waals surface area contributed by atoms with E-state index in [1.54, 1.807) is 42.9 Å². The lowest BCUT2D eigenvalue weighted by Gasteiger charge is -2.14. The van der Waals surface area contributed by atoms with Gasteiger partial charge in [0, 0.05) is 49.5 Å². The van der Waals surface area contributed by atoms with Crippen molar-refractivity contribution in [1.82, 2.24) is 19.6 Å². The van der Waals surface area contributed by atoms with Crippen LogP contribution in [0.2, 0.25) is 5.02 Å². The maximum atomic E-state index is 12.5. The zero-order chi connectivity index (χ0) is 23.1. The molecule has 3 N–H and O–H groups in total. The van der Waals surface area contributed by atoms with Gasteiger partial charge in [0.15, 0.2) is 0 Å². The van der Waals surface area contributed by atoms with Crippen LogP contribution in [-0.4, -0.2) is 55.6 Å². The topological polar surface area (TPSA) is 120 Å². The summed E-state index contributed by atoms with van der Waals surface area (Å²) in [6.45, 7) is 0.519. The van der Waals surface area contributed by atoms with Crippen molar-refractivity contribution in [3.8, 4) is 0 Å². The van der Waals surface area contributed by atoms with Crippen LogP contribution in [0.4, 0.5) is 11.4 Å². The molecule has 0 spiro atoms. The quantitative estimate of drug-likeness (QED) is 0.325. The zero-order valence-electron chi connectivity index (χ0n) is 17.5. The molecular formula is C21H23ClN6O3S. The number of nitrogens with zero attached hydrogens (tertiary/aromatic N) is 3. The van der Waals surface area contributed by atoms with Crippen molar-refractivity contribution in [3.05, 3.63) is 71.3 Å². The summed E-state index contributed by atoms with van der Waals surface area (Å²) in [6.07, 6.45) is 5.23. The first-order valence-corrected chi connectivity index (χ1v) is 11.5. The second-order valence-corrected chi connectivity index (χ2v) is 9.55. The molecule has 0 saturated carbocycles. The summed E-state index contributed by atoms with van der Waals surface area (Å²) >= 11 is 5.92. The third-order valence-corrected chi connectivity index (χ3v) is 6.54. The largest absolute Gasteiger partial charge is 0.383 e. The Morgan fingerprint density at radius 3 is 2.75 bits per heavy atom. The number of hydrogen-bond donors (Lipinski definition) is 3. The molecular weight excluding hydrogens is 452 g/mol. The predicted octanol–water partition coefficient (Wildman–Crippen LogP) is 3.06. The number of aliphatic imine (C=N–C) groups is 1. The van der Waals surface area contributed by atoms with E-state index in [1.165, 1.54) is 32.6 Å². The van der Waals surface area contributed by atoms with Crippen LogP contribution in [0, 0.1) is 0 Å². The summed E-state index contributed by atoms with van der Waals surface area (Å²) in [5, 5.41) is 6.25. The normalized spacial score (nSPS) is 11.8. The Labute approximate surface area is 191 Å². The molecule has 3 rings (SSSR count). The second-order valence-electron chi connectivity index (χ2n) is 6.96. The maximum Gasteiger partial charge on any atom is 0.256 e. The molecule has 1 heterocycles. The number of carbonyl (C=O) groups is 1. The Morgan fingerprint density at radius 1 is 1.25 bits per heavy atom. The first-order valence-electron chi connectivity index (χ1n) is 9.64. The van der Waals surface area contributed by atoms with E-state index in [-0.39, 0.29) is 10.8 Å². The van der Waals surface area contributed by atoms with Crippen LogP contribution in [0.3, 0.4) is 0 Å². The van der Waals surface area contributed by atoms with Gasteiger partial charge in [-0.3, -0.25) is 4.79 Å². The van der Waals surface area contributed by atoms with Crippen LogP contribution in [0.5, 0.6) is 0 Å². The lowest BCUT2D eigenvalue weighted by atomic mass is 10.2. The molecule has 0 atom stereocenters. The molecule has 0 unspecified atom stereocenters. The summed E-state index contributed by atoms with van der Waals surface area (Å²) in [7, 11) is -0.675. The molecule has 9 nitrogen and oxygen atoms in total. The standard InChI is InChI=1S/C21H23ClN6O3S/c1-28(2)32(30,31)18-6-7-19(20(11-18)24-9-8-17-12-23-13-25-17)26-14-27-21(29)15-4-3-5-16(22)10-15/h3-7,10-14,24H,8-9H2,1-2H3,(H,23,25)(H,26,27,29). The van der Waals surface area contributed by atoms with Gasteiger partial charge in [-0.15, -0.1) is 0 Å². The van der Waals surface area contributed by atoms with Crippen LogP contribution in [0.1, 0.15) is 16.1 Å². The predicted molar refractivity (Wildman–Crippen MR) is 125 cm³/mol. The summed E-state index contributed by atoms with van der Waals surface area (Å²) in [6, 6.07) is 11.1. The van der Waals surface area contributed by atoms with Crippen LogP contribution in [0.25, 0.3) is 0 Å². The number of rotatable bonds is 9.